The summed E-state index contributed by atoms with van der Waals surface area (Å²) in [5, 5.41) is 13.2. The zero-order valence-electron chi connectivity index (χ0n) is 10.4. The number of rotatable bonds is 5. The lowest BCUT2D eigenvalue weighted by molar-refractivity contribution is 0.0900. The zero-order valence-corrected chi connectivity index (χ0v) is 11.2. The lowest BCUT2D eigenvalue weighted by Gasteiger charge is -2.09. The van der Waals surface area contributed by atoms with E-state index in [0.29, 0.717) is 11.3 Å². The van der Waals surface area contributed by atoms with Gasteiger partial charge in [-0.25, -0.2) is 4.98 Å². The molecule has 6 heteroatoms. The molecule has 0 bridgehead atoms. The summed E-state index contributed by atoms with van der Waals surface area (Å²) in [4.78, 5) is 15.9. The highest BCUT2D eigenvalue weighted by molar-refractivity contribution is 7.98. The van der Waals surface area contributed by atoms with Crippen molar-refractivity contribution in [1.82, 2.24) is 10.3 Å². The minimum Gasteiger partial charge on any atom is -0.467 e. The average molecular weight is 278 g/mol. The largest absolute Gasteiger partial charge is 0.467 e. The summed E-state index contributed by atoms with van der Waals surface area (Å²) >= 11 is 1.51. The van der Waals surface area contributed by atoms with Crippen LogP contribution in [0, 0.1) is 0 Å². The number of carbonyl (C=O) groups excluding carboxylic acids is 1. The first-order valence-corrected chi connectivity index (χ1v) is 6.93. The van der Waals surface area contributed by atoms with Crippen LogP contribution in [0.25, 0.3) is 0 Å². The molecule has 100 valence electrons. The number of hydrogen-bond acceptors (Lipinski definition) is 5. The van der Waals surface area contributed by atoms with Gasteiger partial charge in [0.2, 0.25) is 0 Å². The fraction of sp³-hybridized carbons (Fsp3) is 0.231. The van der Waals surface area contributed by atoms with Crippen LogP contribution in [0.2, 0.25) is 0 Å². The Hall–Kier alpha value is -1.79. The standard InChI is InChI=1S/C13H14N2O3S/c1-19-12-5-4-9(7-14-12)13(17)15-8-10(16)11-3-2-6-18-11/h2-7,10,16H,8H2,1H3,(H,15,17). The molecule has 0 aliphatic carbocycles. The van der Waals surface area contributed by atoms with Gasteiger partial charge in [-0.1, -0.05) is 0 Å². The van der Waals surface area contributed by atoms with Crippen molar-refractivity contribution in [3.05, 3.63) is 48.0 Å². The van der Waals surface area contributed by atoms with E-state index in [0.717, 1.165) is 5.03 Å². The van der Waals surface area contributed by atoms with Gasteiger partial charge >= 0.3 is 0 Å². The Labute approximate surface area is 115 Å². The number of carbonyl (C=O) groups is 1. The van der Waals surface area contributed by atoms with Crippen molar-refractivity contribution in [2.24, 2.45) is 0 Å². The predicted octanol–water partition coefficient (Wildman–Crippen LogP) is 1.86. The number of pyridine rings is 1. The summed E-state index contributed by atoms with van der Waals surface area (Å²) in [6, 6.07) is 6.83. The number of aliphatic hydroxyl groups is 1. The SMILES string of the molecule is CSc1ccc(C(=O)NCC(O)c2ccco2)cn1. The molecule has 0 saturated heterocycles. The molecule has 0 saturated carbocycles. The van der Waals surface area contributed by atoms with E-state index in [4.69, 9.17) is 4.42 Å². The average Bonchev–Trinajstić information content (AvgIpc) is 2.98. The first-order chi connectivity index (χ1) is 9.20. The topological polar surface area (TPSA) is 75.4 Å². The third kappa shape index (κ3) is 3.59. The molecular weight excluding hydrogens is 264 g/mol. The van der Waals surface area contributed by atoms with Crippen LogP contribution >= 0.6 is 11.8 Å². The summed E-state index contributed by atoms with van der Waals surface area (Å²) < 4.78 is 5.05. The molecule has 0 fully saturated rings. The van der Waals surface area contributed by atoms with E-state index in [9.17, 15) is 9.90 Å². The summed E-state index contributed by atoms with van der Waals surface area (Å²) in [6.45, 7) is 0.0939. The summed E-state index contributed by atoms with van der Waals surface area (Å²) in [6.07, 6.45) is 4.06. The maximum absolute atomic E-state index is 11.8. The second-order valence-corrected chi connectivity index (χ2v) is 4.66. The second kappa shape index (κ2) is 6.40. The van der Waals surface area contributed by atoms with Crippen molar-refractivity contribution in [1.29, 1.82) is 0 Å². The van der Waals surface area contributed by atoms with Gasteiger partial charge in [-0.15, -0.1) is 11.8 Å². The predicted molar refractivity (Wildman–Crippen MR) is 72.0 cm³/mol. The van der Waals surface area contributed by atoms with Gasteiger partial charge in [0.15, 0.2) is 0 Å². The van der Waals surface area contributed by atoms with Crippen molar-refractivity contribution in [2.45, 2.75) is 11.1 Å². The van der Waals surface area contributed by atoms with Gasteiger partial charge in [-0.2, -0.15) is 0 Å². The first kappa shape index (κ1) is 13.6. The van der Waals surface area contributed by atoms with Crippen LogP contribution in [-0.4, -0.2) is 28.8 Å². The van der Waals surface area contributed by atoms with E-state index in [-0.39, 0.29) is 12.5 Å². The number of thioether (sulfide) groups is 1. The monoisotopic (exact) mass is 278 g/mol. The van der Waals surface area contributed by atoms with Crippen molar-refractivity contribution in [3.63, 3.8) is 0 Å². The molecule has 1 amide bonds. The van der Waals surface area contributed by atoms with Crippen LogP contribution in [0.5, 0.6) is 0 Å². The van der Waals surface area contributed by atoms with Crippen molar-refractivity contribution in [2.75, 3.05) is 12.8 Å². The second-order valence-electron chi connectivity index (χ2n) is 3.83. The Balaban J connectivity index is 1.90. The normalized spacial score (nSPS) is 12.1. The number of aromatic nitrogens is 1. The molecule has 0 aliphatic rings. The van der Waals surface area contributed by atoms with E-state index in [1.165, 1.54) is 24.2 Å². The highest BCUT2D eigenvalue weighted by Crippen LogP contribution is 2.13. The molecule has 2 aromatic heterocycles. The van der Waals surface area contributed by atoms with Crippen LogP contribution in [0.4, 0.5) is 0 Å². The number of amides is 1. The Morgan fingerprint density at radius 2 is 2.37 bits per heavy atom. The highest BCUT2D eigenvalue weighted by atomic mass is 32.2. The third-order valence-corrected chi connectivity index (χ3v) is 3.20. The maximum atomic E-state index is 11.8. The minimum atomic E-state index is -0.850. The van der Waals surface area contributed by atoms with E-state index < -0.39 is 6.10 Å². The number of nitrogens with zero attached hydrogens (tertiary/aromatic N) is 1. The van der Waals surface area contributed by atoms with E-state index >= 15 is 0 Å². The number of hydrogen-bond donors (Lipinski definition) is 2. The molecule has 5 nitrogen and oxygen atoms in total. The minimum absolute atomic E-state index is 0.0939. The lowest BCUT2D eigenvalue weighted by atomic mass is 10.2. The molecular formula is C13H14N2O3S. The van der Waals surface area contributed by atoms with Gasteiger partial charge in [0.1, 0.15) is 11.9 Å². The van der Waals surface area contributed by atoms with Crippen LogP contribution in [-0.2, 0) is 0 Å². The first-order valence-electron chi connectivity index (χ1n) is 5.70. The van der Waals surface area contributed by atoms with Crippen LogP contribution < -0.4 is 5.32 Å². The smallest absolute Gasteiger partial charge is 0.252 e. The van der Waals surface area contributed by atoms with Gasteiger partial charge in [0.05, 0.1) is 23.4 Å². The fourth-order valence-corrected chi connectivity index (χ4v) is 1.87. The maximum Gasteiger partial charge on any atom is 0.252 e. The van der Waals surface area contributed by atoms with E-state index in [1.807, 2.05) is 6.26 Å². The molecule has 0 aliphatic heterocycles. The van der Waals surface area contributed by atoms with E-state index in [2.05, 4.69) is 10.3 Å². The van der Waals surface area contributed by atoms with Gasteiger partial charge in [-0.05, 0) is 30.5 Å². The Morgan fingerprint density at radius 1 is 1.53 bits per heavy atom. The van der Waals surface area contributed by atoms with Gasteiger partial charge in [0.25, 0.3) is 5.91 Å². The summed E-state index contributed by atoms with van der Waals surface area (Å²) in [5.41, 5.74) is 0.462. The van der Waals surface area contributed by atoms with Crippen molar-refractivity contribution >= 4 is 17.7 Å². The van der Waals surface area contributed by atoms with Gasteiger partial charge < -0.3 is 14.8 Å². The fourth-order valence-electron chi connectivity index (χ4n) is 1.51. The quantitative estimate of drug-likeness (QED) is 0.816. The number of nitrogens with one attached hydrogen (secondary N) is 1. The Bertz CT molecular complexity index is 525. The molecule has 1 unspecified atom stereocenters. The van der Waals surface area contributed by atoms with Crippen LogP contribution in [0.15, 0.2) is 46.2 Å². The van der Waals surface area contributed by atoms with Crippen LogP contribution in [0.3, 0.4) is 0 Å². The lowest BCUT2D eigenvalue weighted by Crippen LogP contribution is -2.28. The molecule has 1 atom stereocenters. The zero-order chi connectivity index (χ0) is 13.7. The van der Waals surface area contributed by atoms with Crippen molar-refractivity contribution < 1.29 is 14.3 Å². The molecule has 0 spiro atoms. The van der Waals surface area contributed by atoms with Crippen LogP contribution in [0.1, 0.15) is 22.2 Å². The summed E-state index contributed by atoms with van der Waals surface area (Å²) in [7, 11) is 0. The summed E-state index contributed by atoms with van der Waals surface area (Å²) in [5.74, 6) is 0.155. The molecule has 0 aromatic carbocycles. The number of aliphatic hydroxyl groups excluding tert-OH is 1. The third-order valence-electron chi connectivity index (χ3n) is 2.54. The van der Waals surface area contributed by atoms with Gasteiger partial charge in [0, 0.05) is 6.20 Å². The molecule has 2 N–H and O–H groups in total. The molecule has 2 rings (SSSR count). The molecule has 0 radical (unpaired) electrons. The Morgan fingerprint density at radius 3 is 2.95 bits per heavy atom. The molecule has 19 heavy (non-hydrogen) atoms. The molecule has 2 heterocycles. The molecule has 2 aromatic rings. The van der Waals surface area contributed by atoms with Gasteiger partial charge in [-0.3, -0.25) is 4.79 Å². The highest BCUT2D eigenvalue weighted by Gasteiger charge is 2.13. The van der Waals surface area contributed by atoms with E-state index in [1.54, 1.807) is 24.3 Å². The number of furan rings is 1. The Kier molecular flexibility index (Phi) is 4.59. The van der Waals surface area contributed by atoms with Crippen molar-refractivity contribution in [3.8, 4) is 0 Å².